The number of nitrogens with one attached hydrogen (secondary N) is 1. The van der Waals surface area contributed by atoms with Crippen LogP contribution in [-0.2, 0) is 7.05 Å². The lowest BCUT2D eigenvalue weighted by Gasteiger charge is -2.17. The van der Waals surface area contributed by atoms with Crippen LogP contribution in [0.4, 0.5) is 0 Å². The van der Waals surface area contributed by atoms with Crippen LogP contribution in [0.25, 0.3) is 0 Å². The van der Waals surface area contributed by atoms with Crippen molar-refractivity contribution in [3.8, 4) is 0 Å². The van der Waals surface area contributed by atoms with Gasteiger partial charge in [0.2, 0.25) is 0 Å². The van der Waals surface area contributed by atoms with Gasteiger partial charge in [-0.25, -0.2) is 5.43 Å². The van der Waals surface area contributed by atoms with Gasteiger partial charge in [-0.3, -0.25) is 10.5 Å². The minimum absolute atomic E-state index is 0.131. The first kappa shape index (κ1) is 11.4. The highest BCUT2D eigenvalue weighted by Crippen LogP contribution is 2.28. The fourth-order valence-electron chi connectivity index (χ4n) is 2.31. The molecular weight excluding hydrogens is 200 g/mol. The van der Waals surface area contributed by atoms with Crippen LogP contribution in [-0.4, -0.2) is 9.78 Å². The quantitative estimate of drug-likeness (QED) is 0.464. The van der Waals surface area contributed by atoms with Crippen LogP contribution in [0.5, 0.6) is 0 Å². The van der Waals surface area contributed by atoms with Crippen LogP contribution in [0.1, 0.15) is 43.7 Å². The van der Waals surface area contributed by atoms with Crippen molar-refractivity contribution in [2.24, 2.45) is 12.9 Å². The number of aromatic nitrogens is 2. The Balaban J connectivity index is 2.18. The summed E-state index contributed by atoms with van der Waals surface area (Å²) in [5.74, 6) is 5.67. The summed E-state index contributed by atoms with van der Waals surface area (Å²) in [7, 11) is 1.93. The number of nitrogens with zero attached hydrogens (tertiary/aromatic N) is 2. The third kappa shape index (κ3) is 2.51. The zero-order chi connectivity index (χ0) is 11.4. The molecular formula is C12H20N4. The molecule has 0 aliphatic heterocycles. The molecule has 3 N–H and O–H groups in total. The maximum atomic E-state index is 5.67. The predicted molar refractivity (Wildman–Crippen MR) is 64.4 cm³/mol. The summed E-state index contributed by atoms with van der Waals surface area (Å²) in [4.78, 5) is 0. The van der Waals surface area contributed by atoms with E-state index in [1.54, 1.807) is 0 Å². The summed E-state index contributed by atoms with van der Waals surface area (Å²) in [6, 6.07) is 0.131. The molecule has 1 unspecified atom stereocenters. The van der Waals surface area contributed by atoms with E-state index in [1.807, 2.05) is 24.1 Å². The second kappa shape index (κ2) is 5.27. The van der Waals surface area contributed by atoms with Gasteiger partial charge >= 0.3 is 0 Å². The van der Waals surface area contributed by atoms with Crippen molar-refractivity contribution in [3.05, 3.63) is 29.6 Å². The minimum Gasteiger partial charge on any atom is -0.275 e. The number of allylic oxidation sites excluding steroid dienone is 1. The molecule has 16 heavy (non-hydrogen) atoms. The highest BCUT2D eigenvalue weighted by molar-refractivity contribution is 5.24. The molecule has 0 amide bonds. The third-order valence-corrected chi connectivity index (χ3v) is 3.17. The van der Waals surface area contributed by atoms with Gasteiger partial charge in [-0.05, 0) is 25.7 Å². The molecule has 1 aromatic rings. The Morgan fingerprint density at radius 1 is 1.44 bits per heavy atom. The van der Waals surface area contributed by atoms with Gasteiger partial charge in [0.25, 0.3) is 0 Å². The van der Waals surface area contributed by atoms with E-state index in [-0.39, 0.29) is 6.04 Å². The molecule has 1 heterocycles. The minimum atomic E-state index is 0.131. The number of hydrazine groups is 1. The van der Waals surface area contributed by atoms with E-state index in [9.17, 15) is 0 Å². The van der Waals surface area contributed by atoms with Crippen molar-refractivity contribution < 1.29 is 0 Å². The zero-order valence-corrected chi connectivity index (χ0v) is 9.82. The Labute approximate surface area is 96.5 Å². The van der Waals surface area contributed by atoms with Crippen molar-refractivity contribution in [1.82, 2.24) is 15.2 Å². The largest absolute Gasteiger partial charge is 0.275 e. The van der Waals surface area contributed by atoms with Crippen LogP contribution in [0.3, 0.4) is 0 Å². The van der Waals surface area contributed by atoms with Gasteiger partial charge in [0.05, 0.1) is 12.2 Å². The van der Waals surface area contributed by atoms with Gasteiger partial charge in [-0.1, -0.05) is 18.1 Å². The molecule has 0 aromatic carbocycles. The maximum absolute atomic E-state index is 5.67. The Morgan fingerprint density at radius 2 is 2.31 bits per heavy atom. The smallest absolute Gasteiger partial charge is 0.0700 e. The summed E-state index contributed by atoms with van der Waals surface area (Å²) in [6.45, 7) is 0. The lowest BCUT2D eigenvalue weighted by atomic mass is 9.98. The molecule has 0 saturated heterocycles. The predicted octanol–water partition coefficient (Wildman–Crippen LogP) is 1.81. The number of aryl methyl sites for hydroxylation is 1. The summed E-state index contributed by atoms with van der Waals surface area (Å²) in [5.41, 5.74) is 5.47. The highest BCUT2D eigenvalue weighted by atomic mass is 15.3. The molecule has 4 heteroatoms. The Morgan fingerprint density at radius 3 is 3.00 bits per heavy atom. The Bertz CT molecular complexity index is 367. The molecule has 1 aliphatic carbocycles. The van der Waals surface area contributed by atoms with Crippen LogP contribution < -0.4 is 11.3 Å². The summed E-state index contributed by atoms with van der Waals surface area (Å²) >= 11 is 0. The Kier molecular flexibility index (Phi) is 3.74. The first-order chi connectivity index (χ1) is 7.81. The topological polar surface area (TPSA) is 55.9 Å². The first-order valence-corrected chi connectivity index (χ1v) is 5.95. The molecule has 0 fully saturated rings. The molecule has 0 spiro atoms. The maximum Gasteiger partial charge on any atom is 0.0700 e. The summed E-state index contributed by atoms with van der Waals surface area (Å²) in [6.07, 6.45) is 12.5. The van der Waals surface area contributed by atoms with E-state index in [1.165, 1.54) is 31.3 Å². The molecule has 1 atom stereocenters. The number of nitrogens with two attached hydrogens (primary N) is 1. The van der Waals surface area contributed by atoms with Gasteiger partial charge in [-0.2, -0.15) is 5.10 Å². The van der Waals surface area contributed by atoms with Gasteiger partial charge in [0.1, 0.15) is 0 Å². The van der Waals surface area contributed by atoms with Crippen LogP contribution in [0.15, 0.2) is 24.0 Å². The lowest BCUT2D eigenvalue weighted by Crippen LogP contribution is -2.29. The SMILES string of the molecule is Cn1cc(C(NN)C2=CCCCCC2)cn1. The van der Waals surface area contributed by atoms with E-state index in [0.717, 1.165) is 12.0 Å². The number of hydrogen-bond donors (Lipinski definition) is 2. The molecule has 4 nitrogen and oxygen atoms in total. The van der Waals surface area contributed by atoms with Gasteiger partial charge in [0, 0.05) is 18.8 Å². The molecule has 0 saturated carbocycles. The lowest BCUT2D eigenvalue weighted by molar-refractivity contribution is 0.592. The van der Waals surface area contributed by atoms with Crippen LogP contribution in [0, 0.1) is 0 Å². The van der Waals surface area contributed by atoms with Crippen molar-refractivity contribution in [3.63, 3.8) is 0 Å². The monoisotopic (exact) mass is 220 g/mol. The molecule has 1 aliphatic rings. The number of rotatable bonds is 3. The van der Waals surface area contributed by atoms with Gasteiger partial charge in [0.15, 0.2) is 0 Å². The molecule has 0 radical (unpaired) electrons. The average Bonchev–Trinajstić information content (AvgIpc) is 2.55. The van der Waals surface area contributed by atoms with Crippen molar-refractivity contribution in [1.29, 1.82) is 0 Å². The molecule has 1 aromatic heterocycles. The second-order valence-electron chi connectivity index (χ2n) is 4.43. The van der Waals surface area contributed by atoms with Gasteiger partial charge < -0.3 is 0 Å². The van der Waals surface area contributed by atoms with E-state index in [2.05, 4.69) is 16.6 Å². The summed E-state index contributed by atoms with van der Waals surface area (Å²) < 4.78 is 1.82. The number of hydrogen-bond acceptors (Lipinski definition) is 3. The van der Waals surface area contributed by atoms with Crippen molar-refractivity contribution in [2.75, 3.05) is 0 Å². The third-order valence-electron chi connectivity index (χ3n) is 3.17. The van der Waals surface area contributed by atoms with E-state index in [0.29, 0.717) is 0 Å². The van der Waals surface area contributed by atoms with Crippen LogP contribution >= 0.6 is 0 Å². The van der Waals surface area contributed by atoms with Crippen LogP contribution in [0.2, 0.25) is 0 Å². The fourth-order valence-corrected chi connectivity index (χ4v) is 2.31. The molecule has 2 rings (SSSR count). The highest BCUT2D eigenvalue weighted by Gasteiger charge is 2.17. The summed E-state index contributed by atoms with van der Waals surface area (Å²) in [5, 5.41) is 4.20. The van der Waals surface area contributed by atoms with Crippen molar-refractivity contribution in [2.45, 2.75) is 38.1 Å². The zero-order valence-electron chi connectivity index (χ0n) is 9.82. The fraction of sp³-hybridized carbons (Fsp3) is 0.583. The average molecular weight is 220 g/mol. The first-order valence-electron chi connectivity index (χ1n) is 5.95. The van der Waals surface area contributed by atoms with E-state index < -0.39 is 0 Å². The normalized spacial score (nSPS) is 19.0. The second-order valence-corrected chi connectivity index (χ2v) is 4.43. The van der Waals surface area contributed by atoms with E-state index in [4.69, 9.17) is 5.84 Å². The standard InChI is InChI=1S/C12H20N4/c1-16-9-11(8-14-16)12(15-13)10-6-4-2-3-5-7-10/h6,8-9,12,15H,2-5,7,13H2,1H3. The van der Waals surface area contributed by atoms with Gasteiger partial charge in [-0.15, -0.1) is 0 Å². The molecule has 0 bridgehead atoms. The Hall–Kier alpha value is -1.13. The molecule has 88 valence electrons. The van der Waals surface area contributed by atoms with E-state index >= 15 is 0 Å². The van der Waals surface area contributed by atoms with Crippen molar-refractivity contribution >= 4 is 0 Å².